The molecule has 1 amide bonds. The van der Waals surface area contributed by atoms with E-state index in [-0.39, 0.29) is 12.2 Å². The van der Waals surface area contributed by atoms with Gasteiger partial charge in [-0.15, -0.1) is 0 Å². The minimum absolute atomic E-state index is 0.0430. The number of carboxylic acids is 1. The van der Waals surface area contributed by atoms with E-state index in [9.17, 15) is 14.7 Å². The zero-order chi connectivity index (χ0) is 15.4. The number of benzene rings is 2. The van der Waals surface area contributed by atoms with Gasteiger partial charge in [0.2, 0.25) is 0 Å². The quantitative estimate of drug-likeness (QED) is 0.805. The number of nitrogens with one attached hydrogen (secondary N) is 1. The number of aromatic hydroxyl groups is 1. The Kier molecular flexibility index (Phi) is 4.23. The lowest BCUT2D eigenvalue weighted by molar-refractivity contribution is -0.136. The molecule has 0 aliphatic carbocycles. The van der Waals surface area contributed by atoms with Gasteiger partial charge in [-0.05, 0) is 36.2 Å². The fraction of sp³-hybridized carbons (Fsp3) is 0.125. The number of anilines is 1. The van der Waals surface area contributed by atoms with Crippen LogP contribution in [0.5, 0.6) is 5.75 Å². The van der Waals surface area contributed by atoms with Gasteiger partial charge < -0.3 is 15.5 Å². The van der Waals surface area contributed by atoms with Crippen molar-refractivity contribution in [3.63, 3.8) is 0 Å². The van der Waals surface area contributed by atoms with Gasteiger partial charge in [0.05, 0.1) is 6.42 Å². The van der Waals surface area contributed by atoms with Gasteiger partial charge in [0, 0.05) is 11.3 Å². The summed E-state index contributed by atoms with van der Waals surface area (Å²) in [4.78, 5) is 23.0. The Labute approximate surface area is 121 Å². The number of rotatable bonds is 4. The van der Waals surface area contributed by atoms with Crippen LogP contribution in [0.3, 0.4) is 0 Å². The highest BCUT2D eigenvalue weighted by Gasteiger charge is 2.12. The maximum Gasteiger partial charge on any atom is 0.307 e. The van der Waals surface area contributed by atoms with Crippen molar-refractivity contribution in [3.05, 3.63) is 59.2 Å². The molecule has 0 aromatic heterocycles. The van der Waals surface area contributed by atoms with Gasteiger partial charge in [-0.1, -0.05) is 24.3 Å². The Morgan fingerprint density at radius 1 is 1.14 bits per heavy atom. The Balaban J connectivity index is 2.23. The van der Waals surface area contributed by atoms with E-state index in [1.165, 1.54) is 6.07 Å². The van der Waals surface area contributed by atoms with Crippen molar-refractivity contribution >= 4 is 17.6 Å². The van der Waals surface area contributed by atoms with E-state index in [0.717, 1.165) is 0 Å². The lowest BCUT2D eigenvalue weighted by Gasteiger charge is -2.10. The van der Waals surface area contributed by atoms with Gasteiger partial charge in [-0.2, -0.15) is 0 Å². The average molecular weight is 285 g/mol. The highest BCUT2D eigenvalue weighted by atomic mass is 16.4. The SMILES string of the molecule is Cc1ccc(C(=O)Nc2ccccc2CC(=O)O)cc1O. The topological polar surface area (TPSA) is 86.6 Å². The Bertz CT molecular complexity index is 694. The largest absolute Gasteiger partial charge is 0.508 e. The summed E-state index contributed by atoms with van der Waals surface area (Å²) >= 11 is 0. The van der Waals surface area contributed by atoms with Gasteiger partial charge >= 0.3 is 5.97 Å². The van der Waals surface area contributed by atoms with Crippen molar-refractivity contribution in [3.8, 4) is 5.75 Å². The molecular formula is C16H15NO4. The van der Waals surface area contributed by atoms with E-state index in [0.29, 0.717) is 22.4 Å². The summed E-state index contributed by atoms with van der Waals surface area (Å²) in [7, 11) is 0. The predicted octanol–water partition coefficient (Wildman–Crippen LogP) is 2.58. The molecule has 0 bridgehead atoms. The summed E-state index contributed by atoms with van der Waals surface area (Å²) in [5.74, 6) is -1.32. The summed E-state index contributed by atoms with van der Waals surface area (Å²) < 4.78 is 0. The Morgan fingerprint density at radius 3 is 2.52 bits per heavy atom. The lowest BCUT2D eigenvalue weighted by Crippen LogP contribution is -2.14. The van der Waals surface area contributed by atoms with Crippen LogP contribution >= 0.6 is 0 Å². The molecule has 5 heteroatoms. The molecule has 0 aliphatic heterocycles. The zero-order valence-electron chi connectivity index (χ0n) is 11.5. The first kappa shape index (κ1) is 14.6. The smallest absolute Gasteiger partial charge is 0.307 e. The van der Waals surface area contributed by atoms with Crippen LogP contribution in [-0.2, 0) is 11.2 Å². The molecule has 0 saturated heterocycles. The molecule has 0 saturated carbocycles. The van der Waals surface area contributed by atoms with Crippen molar-refractivity contribution in [1.29, 1.82) is 0 Å². The molecule has 3 N–H and O–H groups in total. The number of carboxylic acid groups (broad SMARTS) is 1. The van der Waals surface area contributed by atoms with E-state index < -0.39 is 11.9 Å². The first-order valence-corrected chi connectivity index (χ1v) is 6.38. The third-order valence-corrected chi connectivity index (χ3v) is 3.08. The van der Waals surface area contributed by atoms with Crippen molar-refractivity contribution in [2.75, 3.05) is 5.32 Å². The fourth-order valence-electron chi connectivity index (χ4n) is 1.90. The second-order valence-corrected chi connectivity index (χ2v) is 4.68. The molecule has 0 heterocycles. The Morgan fingerprint density at radius 2 is 1.86 bits per heavy atom. The van der Waals surface area contributed by atoms with Gasteiger partial charge in [-0.3, -0.25) is 9.59 Å². The molecule has 2 rings (SSSR count). The van der Waals surface area contributed by atoms with Crippen molar-refractivity contribution in [2.45, 2.75) is 13.3 Å². The minimum Gasteiger partial charge on any atom is -0.508 e. The third kappa shape index (κ3) is 3.60. The van der Waals surface area contributed by atoms with Crippen LogP contribution in [0.15, 0.2) is 42.5 Å². The van der Waals surface area contributed by atoms with E-state index >= 15 is 0 Å². The van der Waals surface area contributed by atoms with E-state index in [4.69, 9.17) is 5.11 Å². The van der Waals surface area contributed by atoms with E-state index in [1.807, 2.05) is 0 Å². The van der Waals surface area contributed by atoms with Gasteiger partial charge in [0.15, 0.2) is 0 Å². The summed E-state index contributed by atoms with van der Waals surface area (Å²) in [6, 6.07) is 11.3. The van der Waals surface area contributed by atoms with Crippen LogP contribution in [0, 0.1) is 6.92 Å². The maximum atomic E-state index is 12.1. The number of phenolic OH excluding ortho intramolecular Hbond substituents is 1. The van der Waals surface area contributed by atoms with Crippen molar-refractivity contribution < 1.29 is 19.8 Å². The summed E-state index contributed by atoms with van der Waals surface area (Å²) in [5.41, 5.74) is 1.96. The second kappa shape index (κ2) is 6.09. The number of para-hydroxylation sites is 1. The molecule has 0 unspecified atom stereocenters. The third-order valence-electron chi connectivity index (χ3n) is 3.08. The number of aliphatic carboxylic acids is 1. The molecule has 0 spiro atoms. The van der Waals surface area contributed by atoms with Gasteiger partial charge in [0.25, 0.3) is 5.91 Å². The van der Waals surface area contributed by atoms with Crippen molar-refractivity contribution in [2.24, 2.45) is 0 Å². The van der Waals surface area contributed by atoms with E-state index in [2.05, 4.69) is 5.32 Å². The number of phenols is 1. The number of amides is 1. The number of hydrogen-bond donors (Lipinski definition) is 3. The standard InChI is InChI=1S/C16H15NO4/c1-10-6-7-12(8-14(10)18)16(21)17-13-5-3-2-4-11(13)9-15(19)20/h2-8,18H,9H2,1H3,(H,17,21)(H,19,20). The molecule has 0 fully saturated rings. The lowest BCUT2D eigenvalue weighted by atomic mass is 10.1. The van der Waals surface area contributed by atoms with Crippen molar-refractivity contribution in [1.82, 2.24) is 0 Å². The summed E-state index contributed by atoms with van der Waals surface area (Å²) in [6.07, 6.45) is -0.171. The number of hydrogen-bond acceptors (Lipinski definition) is 3. The number of aryl methyl sites for hydroxylation is 1. The van der Waals surface area contributed by atoms with Gasteiger partial charge in [0.1, 0.15) is 5.75 Å². The first-order valence-electron chi connectivity index (χ1n) is 6.38. The summed E-state index contributed by atoms with van der Waals surface area (Å²) in [5, 5.41) is 21.2. The zero-order valence-corrected chi connectivity index (χ0v) is 11.5. The molecule has 0 atom stereocenters. The highest BCUT2D eigenvalue weighted by Crippen LogP contribution is 2.20. The fourth-order valence-corrected chi connectivity index (χ4v) is 1.90. The molecule has 5 nitrogen and oxygen atoms in total. The monoisotopic (exact) mass is 285 g/mol. The van der Waals surface area contributed by atoms with Crippen LogP contribution in [0.2, 0.25) is 0 Å². The normalized spacial score (nSPS) is 10.1. The van der Waals surface area contributed by atoms with Crippen LogP contribution in [-0.4, -0.2) is 22.1 Å². The maximum absolute atomic E-state index is 12.1. The molecule has 0 radical (unpaired) electrons. The van der Waals surface area contributed by atoms with Crippen LogP contribution < -0.4 is 5.32 Å². The summed E-state index contributed by atoms with van der Waals surface area (Å²) in [6.45, 7) is 1.74. The Hall–Kier alpha value is -2.82. The molecule has 108 valence electrons. The number of carbonyl (C=O) groups is 2. The molecule has 21 heavy (non-hydrogen) atoms. The molecular weight excluding hydrogens is 270 g/mol. The molecule has 0 aliphatic rings. The first-order chi connectivity index (χ1) is 9.97. The highest BCUT2D eigenvalue weighted by molar-refractivity contribution is 6.05. The van der Waals surface area contributed by atoms with Crippen LogP contribution in [0.4, 0.5) is 5.69 Å². The second-order valence-electron chi connectivity index (χ2n) is 4.68. The van der Waals surface area contributed by atoms with Crippen LogP contribution in [0.25, 0.3) is 0 Å². The van der Waals surface area contributed by atoms with E-state index in [1.54, 1.807) is 43.3 Å². The molecule has 2 aromatic rings. The average Bonchev–Trinajstić information content (AvgIpc) is 2.43. The minimum atomic E-state index is -0.968. The van der Waals surface area contributed by atoms with Crippen LogP contribution in [0.1, 0.15) is 21.5 Å². The molecule has 2 aromatic carbocycles. The predicted molar refractivity (Wildman–Crippen MR) is 78.6 cm³/mol. The number of carbonyl (C=O) groups excluding carboxylic acids is 1. The van der Waals surface area contributed by atoms with Gasteiger partial charge in [-0.25, -0.2) is 0 Å².